The first-order valence-electron chi connectivity index (χ1n) is 10.0. The minimum atomic E-state index is -4.50. The van der Waals surface area contributed by atoms with E-state index < -0.39 is 11.9 Å². The van der Waals surface area contributed by atoms with Crippen molar-refractivity contribution in [3.8, 4) is 0 Å². The number of nitrogens with zero attached hydrogens (tertiary/aromatic N) is 4. The second kappa shape index (κ2) is 9.07. The van der Waals surface area contributed by atoms with E-state index in [2.05, 4.69) is 40.5 Å². The Kier molecular flexibility index (Phi) is 6.70. The Labute approximate surface area is 174 Å². The molecule has 164 valence electrons. The van der Waals surface area contributed by atoms with Crippen molar-refractivity contribution in [1.29, 1.82) is 0 Å². The van der Waals surface area contributed by atoms with Gasteiger partial charge in [-0.1, -0.05) is 23.8 Å². The fourth-order valence-electron chi connectivity index (χ4n) is 3.69. The molecule has 1 fully saturated rings. The number of aliphatic imine (C=N–C) groups is 1. The third kappa shape index (κ3) is 5.13. The van der Waals surface area contributed by atoms with Crippen LogP contribution in [0, 0.1) is 13.8 Å². The van der Waals surface area contributed by atoms with Crippen molar-refractivity contribution in [1.82, 2.24) is 20.0 Å². The lowest BCUT2D eigenvalue weighted by molar-refractivity contribution is -0.142. The van der Waals surface area contributed by atoms with E-state index in [1.165, 1.54) is 23.5 Å². The predicted molar refractivity (Wildman–Crippen MR) is 109 cm³/mol. The van der Waals surface area contributed by atoms with E-state index in [4.69, 9.17) is 4.74 Å². The molecule has 1 saturated heterocycles. The van der Waals surface area contributed by atoms with Gasteiger partial charge in [0.1, 0.15) is 6.10 Å². The fraction of sp³-hybridized carbons (Fsp3) is 0.524. The van der Waals surface area contributed by atoms with Crippen LogP contribution in [0.1, 0.15) is 41.0 Å². The highest BCUT2D eigenvalue weighted by Gasteiger charge is 2.37. The first kappa shape index (κ1) is 22.1. The number of rotatable bonds is 4. The number of alkyl halides is 3. The van der Waals surface area contributed by atoms with Crippen LogP contribution in [0.15, 0.2) is 29.4 Å². The van der Waals surface area contributed by atoms with Gasteiger partial charge in [-0.15, -0.1) is 0 Å². The van der Waals surface area contributed by atoms with Gasteiger partial charge in [-0.25, -0.2) is 4.99 Å². The van der Waals surface area contributed by atoms with Crippen LogP contribution < -0.4 is 5.32 Å². The summed E-state index contributed by atoms with van der Waals surface area (Å²) in [6.07, 6.45) is -3.25. The molecule has 0 spiro atoms. The van der Waals surface area contributed by atoms with Crippen LogP contribution in [0.25, 0.3) is 0 Å². The Morgan fingerprint density at radius 1 is 1.33 bits per heavy atom. The maximum atomic E-state index is 13.2. The molecule has 0 amide bonds. The summed E-state index contributed by atoms with van der Waals surface area (Å²) in [5, 5.41) is 6.75. The van der Waals surface area contributed by atoms with Crippen molar-refractivity contribution in [2.24, 2.45) is 12.0 Å². The first-order valence-corrected chi connectivity index (χ1v) is 10.0. The molecule has 1 atom stereocenters. The average Bonchev–Trinajstić information content (AvgIpc) is 3.06. The van der Waals surface area contributed by atoms with Gasteiger partial charge in [-0.05, 0) is 31.9 Å². The Balaban J connectivity index is 1.80. The van der Waals surface area contributed by atoms with E-state index in [9.17, 15) is 13.2 Å². The smallest absolute Gasteiger partial charge is 0.370 e. The van der Waals surface area contributed by atoms with Gasteiger partial charge in [-0.2, -0.15) is 18.3 Å². The van der Waals surface area contributed by atoms with Gasteiger partial charge in [0.05, 0.1) is 19.7 Å². The van der Waals surface area contributed by atoms with Crippen LogP contribution in [0.5, 0.6) is 0 Å². The number of aryl methyl sites for hydroxylation is 3. The molecule has 0 saturated carbocycles. The van der Waals surface area contributed by atoms with Crippen LogP contribution in [0.2, 0.25) is 0 Å². The summed E-state index contributed by atoms with van der Waals surface area (Å²) in [6, 6.07) is 6.26. The highest BCUT2D eigenvalue weighted by atomic mass is 19.4. The van der Waals surface area contributed by atoms with Crippen molar-refractivity contribution in [3.63, 3.8) is 0 Å². The molecule has 1 unspecified atom stereocenters. The van der Waals surface area contributed by atoms with Gasteiger partial charge in [0, 0.05) is 31.9 Å². The molecule has 1 aliphatic rings. The van der Waals surface area contributed by atoms with Gasteiger partial charge in [0.2, 0.25) is 0 Å². The second-order valence-corrected chi connectivity index (χ2v) is 7.51. The summed E-state index contributed by atoms with van der Waals surface area (Å²) in [4.78, 5) is 6.52. The first-order chi connectivity index (χ1) is 14.2. The number of benzene rings is 1. The Morgan fingerprint density at radius 3 is 2.77 bits per heavy atom. The fourth-order valence-corrected chi connectivity index (χ4v) is 3.69. The number of morpholine rings is 1. The van der Waals surface area contributed by atoms with Crippen LogP contribution in [-0.4, -0.2) is 46.9 Å². The van der Waals surface area contributed by atoms with Crippen molar-refractivity contribution in [3.05, 3.63) is 52.3 Å². The monoisotopic (exact) mass is 423 g/mol. The van der Waals surface area contributed by atoms with Crippen LogP contribution in [0.4, 0.5) is 13.2 Å². The molecule has 6 nitrogen and oxygen atoms in total. The van der Waals surface area contributed by atoms with Gasteiger partial charge in [0.25, 0.3) is 0 Å². The Bertz CT molecular complexity index is 907. The highest BCUT2D eigenvalue weighted by Crippen LogP contribution is 2.31. The van der Waals surface area contributed by atoms with Crippen LogP contribution in [-0.2, 0) is 24.5 Å². The number of halogens is 3. The standard InChI is InChI=1S/C21H28F3N5O/c1-5-25-20(26-11-16-12-28(4)27-19(16)21(22,23)24)29-8-9-30-18(13-29)17-7-6-14(2)10-15(17)3/h6-7,10,12,18H,5,8-9,11,13H2,1-4H3,(H,25,26). The van der Waals surface area contributed by atoms with E-state index in [1.54, 1.807) is 0 Å². The second-order valence-electron chi connectivity index (χ2n) is 7.51. The lowest BCUT2D eigenvalue weighted by Crippen LogP contribution is -2.48. The molecule has 1 aliphatic heterocycles. The Morgan fingerprint density at radius 2 is 2.10 bits per heavy atom. The number of aromatic nitrogens is 2. The van der Waals surface area contributed by atoms with Crippen molar-refractivity contribution >= 4 is 5.96 Å². The molecule has 1 N–H and O–H groups in total. The highest BCUT2D eigenvalue weighted by molar-refractivity contribution is 5.80. The van der Waals surface area contributed by atoms with Gasteiger partial charge < -0.3 is 15.0 Å². The average molecular weight is 423 g/mol. The third-order valence-corrected chi connectivity index (χ3v) is 5.05. The number of hydrogen-bond donors (Lipinski definition) is 1. The molecule has 0 radical (unpaired) electrons. The third-order valence-electron chi connectivity index (χ3n) is 5.05. The van der Waals surface area contributed by atoms with Crippen molar-refractivity contribution < 1.29 is 17.9 Å². The number of guanidine groups is 1. The summed E-state index contributed by atoms with van der Waals surface area (Å²) >= 11 is 0. The Hall–Kier alpha value is -2.55. The molecule has 1 aromatic heterocycles. The molecule has 9 heteroatoms. The largest absolute Gasteiger partial charge is 0.435 e. The maximum Gasteiger partial charge on any atom is 0.435 e. The lowest BCUT2D eigenvalue weighted by atomic mass is 10.00. The summed E-state index contributed by atoms with van der Waals surface area (Å²) in [5.41, 5.74) is 2.64. The van der Waals surface area contributed by atoms with E-state index in [1.807, 2.05) is 18.7 Å². The lowest BCUT2D eigenvalue weighted by Gasteiger charge is -2.36. The topological polar surface area (TPSA) is 54.7 Å². The van der Waals surface area contributed by atoms with Crippen molar-refractivity contribution in [2.75, 3.05) is 26.2 Å². The number of nitrogens with one attached hydrogen (secondary N) is 1. The molecular weight excluding hydrogens is 395 g/mol. The quantitative estimate of drug-likeness (QED) is 0.603. The van der Waals surface area contributed by atoms with Crippen molar-refractivity contribution in [2.45, 2.75) is 39.6 Å². The minimum Gasteiger partial charge on any atom is -0.370 e. The molecule has 2 heterocycles. The van der Waals surface area contributed by atoms with E-state index in [0.29, 0.717) is 32.2 Å². The number of ether oxygens (including phenoxy) is 1. The van der Waals surface area contributed by atoms with Crippen LogP contribution in [0.3, 0.4) is 0 Å². The number of hydrogen-bond acceptors (Lipinski definition) is 3. The molecule has 2 aromatic rings. The SMILES string of the molecule is CCNC(=NCc1cn(C)nc1C(F)(F)F)N1CCOC(c2ccc(C)cc2C)C1. The molecule has 0 aliphatic carbocycles. The summed E-state index contributed by atoms with van der Waals surface area (Å²) < 4.78 is 46.8. The zero-order valence-corrected chi connectivity index (χ0v) is 17.8. The molecule has 1 aromatic carbocycles. The van der Waals surface area contributed by atoms with E-state index in [0.717, 1.165) is 11.1 Å². The van der Waals surface area contributed by atoms with E-state index >= 15 is 0 Å². The maximum absolute atomic E-state index is 13.2. The van der Waals surface area contributed by atoms with Gasteiger partial charge in [-0.3, -0.25) is 4.68 Å². The zero-order valence-electron chi connectivity index (χ0n) is 17.8. The zero-order chi connectivity index (χ0) is 21.9. The minimum absolute atomic E-state index is 0.0552. The normalized spacial score (nSPS) is 18.0. The molecular formula is C21H28F3N5O. The van der Waals surface area contributed by atoms with Crippen LogP contribution >= 0.6 is 0 Å². The molecule has 30 heavy (non-hydrogen) atoms. The molecule has 3 rings (SSSR count). The predicted octanol–water partition coefficient (Wildman–Crippen LogP) is 3.59. The summed E-state index contributed by atoms with van der Waals surface area (Å²) in [6.45, 7) is 8.27. The summed E-state index contributed by atoms with van der Waals surface area (Å²) in [5.74, 6) is 0.576. The summed E-state index contributed by atoms with van der Waals surface area (Å²) in [7, 11) is 1.48. The molecule has 0 bridgehead atoms. The van der Waals surface area contributed by atoms with E-state index in [-0.39, 0.29) is 18.2 Å². The van der Waals surface area contributed by atoms with Gasteiger partial charge >= 0.3 is 6.18 Å². The van der Waals surface area contributed by atoms with Gasteiger partial charge in [0.15, 0.2) is 11.7 Å².